The van der Waals surface area contributed by atoms with E-state index in [0.717, 1.165) is 6.92 Å². The van der Waals surface area contributed by atoms with E-state index in [-0.39, 0.29) is 29.6 Å². The maximum atomic E-state index is 10.8. The molecule has 0 aliphatic carbocycles. The van der Waals surface area contributed by atoms with Crippen molar-refractivity contribution in [1.82, 2.24) is 0 Å². The first-order chi connectivity index (χ1) is 2.56. The first kappa shape index (κ1) is 10.7. The van der Waals surface area contributed by atoms with Crippen molar-refractivity contribution in [1.29, 1.82) is 0 Å². The standard InChI is InChI=1S/C3H5F3.Na/c1-2-3(4,5)6;/h2H2,1H3;. The van der Waals surface area contributed by atoms with E-state index in [9.17, 15) is 13.2 Å². The van der Waals surface area contributed by atoms with Crippen LogP contribution in [0, 0.1) is 0 Å². The average molecular weight is 121 g/mol. The van der Waals surface area contributed by atoms with Crippen molar-refractivity contribution in [2.75, 3.05) is 0 Å². The smallest absolute Gasteiger partial charge is 0.171 e. The molecule has 0 saturated heterocycles. The van der Waals surface area contributed by atoms with Crippen molar-refractivity contribution >= 4 is 29.6 Å². The predicted molar refractivity (Wildman–Crippen MR) is 22.1 cm³/mol. The molecule has 0 N–H and O–H groups in total. The maximum absolute atomic E-state index is 10.8. The van der Waals surface area contributed by atoms with Gasteiger partial charge in [-0.25, -0.2) is 0 Å². The third-order valence-electron chi connectivity index (χ3n) is 0.401. The zero-order valence-corrected chi connectivity index (χ0v) is 6.34. The van der Waals surface area contributed by atoms with Crippen molar-refractivity contribution in [3.8, 4) is 0 Å². The fraction of sp³-hybridized carbons (Fsp3) is 1.00. The van der Waals surface area contributed by atoms with Crippen LogP contribution in [0.25, 0.3) is 0 Å². The van der Waals surface area contributed by atoms with Gasteiger partial charge in [0.25, 0.3) is 0 Å². The van der Waals surface area contributed by atoms with Gasteiger partial charge in [-0.15, -0.1) is 0 Å². The van der Waals surface area contributed by atoms with Gasteiger partial charge in [0, 0.05) is 36.0 Å². The molecule has 0 bridgehead atoms. The second-order valence-corrected chi connectivity index (χ2v) is 0.969. The molecule has 0 fully saturated rings. The number of hydrogen-bond acceptors (Lipinski definition) is 0. The van der Waals surface area contributed by atoms with E-state index in [2.05, 4.69) is 0 Å². The SMILES string of the molecule is CCC(F)(F)F.[Na]. The fourth-order valence-corrected chi connectivity index (χ4v) is 0. The van der Waals surface area contributed by atoms with Gasteiger partial charge in [-0.05, 0) is 0 Å². The van der Waals surface area contributed by atoms with E-state index in [4.69, 9.17) is 0 Å². The summed E-state index contributed by atoms with van der Waals surface area (Å²) in [7, 11) is 0. The Morgan fingerprint density at radius 2 is 1.43 bits per heavy atom. The van der Waals surface area contributed by atoms with Crippen molar-refractivity contribution in [3.05, 3.63) is 0 Å². The second-order valence-electron chi connectivity index (χ2n) is 0.969. The van der Waals surface area contributed by atoms with Crippen LogP contribution in [-0.4, -0.2) is 35.7 Å². The van der Waals surface area contributed by atoms with Crippen LogP contribution in [-0.2, 0) is 0 Å². The molecule has 0 amide bonds. The van der Waals surface area contributed by atoms with Gasteiger partial charge < -0.3 is 0 Å². The van der Waals surface area contributed by atoms with E-state index in [1.54, 1.807) is 0 Å². The summed E-state index contributed by atoms with van der Waals surface area (Å²) in [4.78, 5) is 0. The Balaban J connectivity index is 0. The van der Waals surface area contributed by atoms with Crippen molar-refractivity contribution in [2.24, 2.45) is 0 Å². The van der Waals surface area contributed by atoms with Crippen LogP contribution in [0.4, 0.5) is 13.2 Å². The number of hydrogen-bond donors (Lipinski definition) is 0. The summed E-state index contributed by atoms with van der Waals surface area (Å²) in [6.45, 7) is 1.08. The van der Waals surface area contributed by atoms with Crippen LogP contribution in [0.1, 0.15) is 13.3 Å². The topological polar surface area (TPSA) is 0 Å². The van der Waals surface area contributed by atoms with Gasteiger partial charge in [0.05, 0.1) is 0 Å². The molecular weight excluding hydrogens is 116 g/mol. The van der Waals surface area contributed by atoms with E-state index < -0.39 is 12.6 Å². The van der Waals surface area contributed by atoms with Crippen molar-refractivity contribution in [2.45, 2.75) is 19.5 Å². The summed E-state index contributed by atoms with van der Waals surface area (Å²) in [6, 6.07) is 0. The molecule has 39 valence electrons. The molecule has 0 saturated carbocycles. The third kappa shape index (κ3) is 10.8. The molecule has 0 aromatic carbocycles. The molecule has 0 aromatic heterocycles. The van der Waals surface area contributed by atoms with Gasteiger partial charge in [-0.3, -0.25) is 0 Å². The minimum Gasteiger partial charge on any atom is -0.171 e. The van der Waals surface area contributed by atoms with Gasteiger partial charge in [0.15, 0.2) is 0 Å². The predicted octanol–water partition coefficient (Wildman–Crippen LogP) is 1.58. The van der Waals surface area contributed by atoms with E-state index in [1.165, 1.54) is 0 Å². The first-order valence-electron chi connectivity index (χ1n) is 1.63. The summed E-state index contributed by atoms with van der Waals surface area (Å²) in [6.07, 6.45) is -4.69. The Hall–Kier alpha value is 0.790. The molecule has 4 heteroatoms. The molecule has 0 heterocycles. The van der Waals surface area contributed by atoms with Crippen LogP contribution in [0.3, 0.4) is 0 Å². The Kier molecular flexibility index (Phi) is 5.74. The van der Waals surface area contributed by atoms with Crippen LogP contribution >= 0.6 is 0 Å². The van der Waals surface area contributed by atoms with Gasteiger partial charge in [0.2, 0.25) is 0 Å². The molecule has 0 nitrogen and oxygen atoms in total. The summed E-state index contributed by atoms with van der Waals surface area (Å²) >= 11 is 0. The monoisotopic (exact) mass is 121 g/mol. The Labute approximate surface area is 62.4 Å². The van der Waals surface area contributed by atoms with Gasteiger partial charge >= 0.3 is 6.18 Å². The molecule has 1 radical (unpaired) electrons. The molecule has 0 aliphatic heterocycles. The Morgan fingerprint density at radius 3 is 1.43 bits per heavy atom. The third-order valence-corrected chi connectivity index (χ3v) is 0.401. The molecule has 0 aliphatic rings. The van der Waals surface area contributed by atoms with Crippen molar-refractivity contribution in [3.63, 3.8) is 0 Å². The largest absolute Gasteiger partial charge is 0.388 e. The zero-order chi connectivity index (χ0) is 5.21. The van der Waals surface area contributed by atoms with Crippen LogP contribution in [0.2, 0.25) is 0 Å². The number of alkyl halides is 3. The van der Waals surface area contributed by atoms with E-state index in [1.807, 2.05) is 0 Å². The summed E-state index contributed by atoms with van der Waals surface area (Å²) < 4.78 is 32.4. The van der Waals surface area contributed by atoms with Gasteiger partial charge in [-0.1, -0.05) is 6.92 Å². The van der Waals surface area contributed by atoms with Gasteiger partial charge in [0.1, 0.15) is 0 Å². The van der Waals surface area contributed by atoms with E-state index in [0.29, 0.717) is 0 Å². The second kappa shape index (κ2) is 3.75. The van der Waals surface area contributed by atoms with Gasteiger partial charge in [-0.2, -0.15) is 13.2 Å². The summed E-state index contributed by atoms with van der Waals surface area (Å²) in [5.74, 6) is 0. The minimum atomic E-state index is -3.96. The maximum Gasteiger partial charge on any atom is 0.388 e. The summed E-state index contributed by atoms with van der Waals surface area (Å²) in [5.41, 5.74) is 0. The normalized spacial score (nSPS) is 10.3. The molecular formula is C3H5F3Na. The molecule has 0 aromatic rings. The molecule has 7 heavy (non-hydrogen) atoms. The average Bonchev–Trinajstić information content (AvgIpc) is 1.35. The number of halogens is 3. The van der Waals surface area contributed by atoms with Crippen LogP contribution in [0.15, 0.2) is 0 Å². The van der Waals surface area contributed by atoms with Crippen molar-refractivity contribution < 1.29 is 13.2 Å². The molecule has 0 unspecified atom stereocenters. The van der Waals surface area contributed by atoms with Crippen LogP contribution in [0.5, 0.6) is 0 Å². The van der Waals surface area contributed by atoms with E-state index >= 15 is 0 Å². The first-order valence-corrected chi connectivity index (χ1v) is 1.63. The fourth-order valence-electron chi connectivity index (χ4n) is 0. The Morgan fingerprint density at radius 1 is 1.29 bits per heavy atom. The van der Waals surface area contributed by atoms with Crippen LogP contribution < -0.4 is 0 Å². The molecule has 0 atom stereocenters. The zero-order valence-electron chi connectivity index (χ0n) is 4.34. The number of rotatable bonds is 0. The quantitative estimate of drug-likeness (QED) is 0.427. The molecule has 0 rings (SSSR count). The minimum absolute atomic E-state index is 0. The summed E-state index contributed by atoms with van der Waals surface area (Å²) in [5, 5.41) is 0. The molecule has 0 spiro atoms. The Bertz CT molecular complexity index is 39.9.